The van der Waals surface area contributed by atoms with Gasteiger partial charge >= 0.3 is 6.03 Å². The number of benzene rings is 1. The predicted octanol–water partition coefficient (Wildman–Crippen LogP) is 1.62. The van der Waals surface area contributed by atoms with Crippen molar-refractivity contribution in [2.24, 2.45) is 0 Å². The van der Waals surface area contributed by atoms with Crippen molar-refractivity contribution in [3.05, 3.63) is 53.0 Å². The van der Waals surface area contributed by atoms with Gasteiger partial charge in [0, 0.05) is 18.9 Å². The van der Waals surface area contributed by atoms with E-state index in [2.05, 4.69) is 20.9 Å². The summed E-state index contributed by atoms with van der Waals surface area (Å²) in [5.74, 6) is -2.31. The SMILES string of the molecule is COc1ccc2c(c1F)C(=O)N(C[C@@]1(c3cc4ccc(NC(C)=O)nc4o3)NC(=O)NC1=O)C2. The van der Waals surface area contributed by atoms with Gasteiger partial charge in [-0.3, -0.25) is 19.7 Å². The molecule has 1 fully saturated rings. The molecule has 2 aliphatic heterocycles. The van der Waals surface area contributed by atoms with Crippen molar-refractivity contribution in [3.63, 3.8) is 0 Å². The number of urea groups is 1. The Morgan fingerprint density at radius 3 is 2.76 bits per heavy atom. The molecule has 1 atom stereocenters. The van der Waals surface area contributed by atoms with Crippen LogP contribution in [0.1, 0.15) is 28.6 Å². The van der Waals surface area contributed by atoms with Crippen LogP contribution in [0.15, 0.2) is 34.7 Å². The molecule has 2 aliphatic rings. The van der Waals surface area contributed by atoms with Crippen LogP contribution < -0.4 is 20.7 Å². The number of anilines is 1. The second-order valence-electron chi connectivity index (χ2n) is 7.97. The number of nitrogens with one attached hydrogen (secondary N) is 3. The fourth-order valence-corrected chi connectivity index (χ4v) is 4.20. The molecule has 0 spiro atoms. The number of fused-ring (bicyclic) bond motifs is 2. The number of hydrogen-bond acceptors (Lipinski definition) is 7. The molecule has 0 radical (unpaired) electrons. The summed E-state index contributed by atoms with van der Waals surface area (Å²) < 4.78 is 25.5. The average Bonchev–Trinajstić information content (AvgIpc) is 3.42. The minimum absolute atomic E-state index is 0.0190. The first kappa shape index (κ1) is 21.4. The van der Waals surface area contributed by atoms with Crippen LogP contribution in [0.2, 0.25) is 0 Å². The van der Waals surface area contributed by atoms with Gasteiger partial charge < -0.3 is 24.7 Å². The molecule has 1 aromatic carbocycles. The summed E-state index contributed by atoms with van der Waals surface area (Å²) in [6, 6.07) is 6.92. The Morgan fingerprint density at radius 2 is 2.09 bits per heavy atom. The monoisotopic (exact) mass is 467 g/mol. The molecule has 0 saturated carbocycles. The number of carbonyl (C=O) groups excluding carboxylic acids is 4. The van der Waals surface area contributed by atoms with E-state index in [0.717, 1.165) is 0 Å². The van der Waals surface area contributed by atoms with Crippen LogP contribution in [-0.2, 0) is 21.7 Å². The summed E-state index contributed by atoms with van der Waals surface area (Å²) >= 11 is 0. The number of furan rings is 1. The van der Waals surface area contributed by atoms with Gasteiger partial charge in [0.2, 0.25) is 11.6 Å². The van der Waals surface area contributed by atoms with Gasteiger partial charge in [0.05, 0.1) is 19.2 Å². The Balaban J connectivity index is 1.53. The number of carbonyl (C=O) groups is 4. The van der Waals surface area contributed by atoms with Crippen molar-refractivity contribution >= 4 is 40.7 Å². The van der Waals surface area contributed by atoms with Gasteiger partial charge in [0.15, 0.2) is 17.1 Å². The standard InChI is InChI=1S/C22H18FN5O6/c1-10(29)24-15-6-4-11-7-14(34-18(11)25-15)22(20(31)26-21(32)27-22)9-28-8-12-3-5-13(33-2)17(23)16(12)19(28)30/h3-7H,8-9H2,1-2H3,(H,24,25,29)(H2,26,27,31,32)/t22-/m0/s1. The highest BCUT2D eigenvalue weighted by atomic mass is 19.1. The molecule has 3 N–H and O–H groups in total. The molecule has 2 aromatic heterocycles. The van der Waals surface area contributed by atoms with Crippen molar-refractivity contribution in [2.75, 3.05) is 19.0 Å². The van der Waals surface area contributed by atoms with Crippen LogP contribution in [0.3, 0.4) is 0 Å². The third-order valence-electron chi connectivity index (χ3n) is 5.75. The summed E-state index contributed by atoms with van der Waals surface area (Å²) in [5, 5.41) is 7.76. The van der Waals surface area contributed by atoms with Gasteiger partial charge in [-0.05, 0) is 29.8 Å². The van der Waals surface area contributed by atoms with Crippen LogP contribution >= 0.6 is 0 Å². The molecule has 4 heterocycles. The number of imide groups is 1. The highest BCUT2D eigenvalue weighted by Gasteiger charge is 2.53. The normalized spacial score (nSPS) is 19.3. The minimum Gasteiger partial charge on any atom is -0.494 e. The molecule has 0 aliphatic carbocycles. The van der Waals surface area contributed by atoms with E-state index in [1.165, 1.54) is 31.1 Å². The molecule has 0 bridgehead atoms. The zero-order valence-corrected chi connectivity index (χ0v) is 18.0. The first-order chi connectivity index (χ1) is 16.2. The molecule has 1 saturated heterocycles. The Morgan fingerprint density at radius 1 is 1.29 bits per heavy atom. The van der Waals surface area contributed by atoms with E-state index in [1.807, 2.05) is 0 Å². The number of nitrogens with zero attached hydrogens (tertiary/aromatic N) is 2. The van der Waals surface area contributed by atoms with Crippen LogP contribution in [0.25, 0.3) is 11.1 Å². The second kappa shape index (κ2) is 7.54. The fourth-order valence-electron chi connectivity index (χ4n) is 4.20. The molecule has 34 heavy (non-hydrogen) atoms. The summed E-state index contributed by atoms with van der Waals surface area (Å²) in [5.41, 5.74) is -1.38. The number of aromatic nitrogens is 1. The van der Waals surface area contributed by atoms with Gasteiger partial charge in [0.1, 0.15) is 11.6 Å². The molecule has 3 aromatic rings. The average molecular weight is 467 g/mol. The summed E-state index contributed by atoms with van der Waals surface area (Å²) in [6.45, 7) is 1.03. The highest BCUT2D eigenvalue weighted by Crippen LogP contribution is 2.36. The fraction of sp³-hybridized carbons (Fsp3) is 0.227. The molecular formula is C22H18FN5O6. The van der Waals surface area contributed by atoms with Gasteiger partial charge in [-0.25, -0.2) is 9.18 Å². The van der Waals surface area contributed by atoms with E-state index in [4.69, 9.17) is 9.15 Å². The Kier molecular flexibility index (Phi) is 4.74. The minimum atomic E-state index is -1.77. The maximum Gasteiger partial charge on any atom is 0.322 e. The molecule has 174 valence electrons. The van der Waals surface area contributed by atoms with E-state index in [1.54, 1.807) is 18.2 Å². The lowest BCUT2D eigenvalue weighted by atomic mass is 9.95. The number of rotatable bonds is 5. The number of amides is 5. The molecule has 5 rings (SSSR count). The van der Waals surface area contributed by atoms with E-state index >= 15 is 0 Å². The Labute approximate surface area is 191 Å². The lowest BCUT2D eigenvalue weighted by Crippen LogP contribution is -2.52. The number of hydrogen-bond donors (Lipinski definition) is 3. The van der Waals surface area contributed by atoms with E-state index in [9.17, 15) is 23.6 Å². The van der Waals surface area contributed by atoms with Crippen molar-refractivity contribution < 1.29 is 32.7 Å². The third kappa shape index (κ3) is 3.22. The smallest absolute Gasteiger partial charge is 0.322 e. The quantitative estimate of drug-likeness (QED) is 0.484. The van der Waals surface area contributed by atoms with E-state index in [0.29, 0.717) is 10.9 Å². The molecule has 0 unspecified atom stereocenters. The maximum atomic E-state index is 14.8. The predicted molar refractivity (Wildman–Crippen MR) is 114 cm³/mol. The number of methoxy groups -OCH3 is 1. The number of halogens is 1. The Hall–Kier alpha value is -4.48. The van der Waals surface area contributed by atoms with Crippen LogP contribution in [0, 0.1) is 5.82 Å². The molecule has 11 nitrogen and oxygen atoms in total. The topological polar surface area (TPSA) is 143 Å². The van der Waals surface area contributed by atoms with E-state index < -0.39 is 29.2 Å². The van der Waals surface area contributed by atoms with Crippen LogP contribution in [-0.4, -0.2) is 47.3 Å². The summed E-state index contributed by atoms with van der Waals surface area (Å²) in [7, 11) is 1.29. The van der Waals surface area contributed by atoms with Crippen molar-refractivity contribution in [2.45, 2.75) is 19.0 Å². The first-order valence-electron chi connectivity index (χ1n) is 10.2. The Bertz CT molecular complexity index is 1400. The molecule has 5 amide bonds. The zero-order valence-electron chi connectivity index (χ0n) is 18.0. The molecular weight excluding hydrogens is 449 g/mol. The molecule has 12 heteroatoms. The zero-order chi connectivity index (χ0) is 24.2. The first-order valence-corrected chi connectivity index (χ1v) is 10.2. The summed E-state index contributed by atoms with van der Waals surface area (Å²) in [4.78, 5) is 54.9. The van der Waals surface area contributed by atoms with Gasteiger partial charge in [-0.15, -0.1) is 0 Å². The number of ether oxygens (including phenoxy) is 1. The summed E-state index contributed by atoms with van der Waals surface area (Å²) in [6.07, 6.45) is 0. The highest BCUT2D eigenvalue weighted by molar-refractivity contribution is 6.08. The third-order valence-corrected chi connectivity index (χ3v) is 5.75. The van der Waals surface area contributed by atoms with Crippen LogP contribution in [0.5, 0.6) is 5.75 Å². The van der Waals surface area contributed by atoms with E-state index in [-0.39, 0.29) is 47.6 Å². The maximum absolute atomic E-state index is 14.8. The largest absolute Gasteiger partial charge is 0.494 e. The van der Waals surface area contributed by atoms with Crippen molar-refractivity contribution in [3.8, 4) is 5.75 Å². The van der Waals surface area contributed by atoms with Gasteiger partial charge in [-0.2, -0.15) is 4.98 Å². The second-order valence-corrected chi connectivity index (χ2v) is 7.97. The van der Waals surface area contributed by atoms with Gasteiger partial charge in [-0.1, -0.05) is 6.07 Å². The van der Waals surface area contributed by atoms with Crippen LogP contribution in [0.4, 0.5) is 15.0 Å². The van der Waals surface area contributed by atoms with Gasteiger partial charge in [0.25, 0.3) is 11.8 Å². The van der Waals surface area contributed by atoms with Crippen molar-refractivity contribution in [1.82, 2.24) is 20.5 Å². The lowest BCUT2D eigenvalue weighted by Gasteiger charge is -2.28. The van der Waals surface area contributed by atoms with Crippen molar-refractivity contribution in [1.29, 1.82) is 0 Å². The lowest BCUT2D eigenvalue weighted by molar-refractivity contribution is -0.125. The number of pyridine rings is 1.